The topological polar surface area (TPSA) is 12.0 Å². The van der Waals surface area contributed by atoms with Gasteiger partial charge >= 0.3 is 0 Å². The van der Waals surface area contributed by atoms with Crippen molar-refractivity contribution in [2.24, 2.45) is 0 Å². The maximum Gasteiger partial charge on any atom is 0.0579 e. The van der Waals surface area contributed by atoms with Crippen LogP contribution in [0.2, 0.25) is 0 Å². The Morgan fingerprint density at radius 2 is 1.57 bits per heavy atom. The summed E-state index contributed by atoms with van der Waals surface area (Å²) in [4.78, 5) is 0. The van der Waals surface area contributed by atoms with Crippen LogP contribution in [0, 0.1) is 6.92 Å². The molecule has 0 amide bonds. The van der Waals surface area contributed by atoms with Crippen LogP contribution >= 0.6 is 0 Å². The van der Waals surface area contributed by atoms with Gasteiger partial charge < -0.3 is 5.32 Å². The van der Waals surface area contributed by atoms with Gasteiger partial charge in [0.2, 0.25) is 0 Å². The van der Waals surface area contributed by atoms with Gasteiger partial charge in [-0.1, -0.05) is 81.8 Å². The van der Waals surface area contributed by atoms with Gasteiger partial charge in [0.05, 0.1) is 6.04 Å². The summed E-state index contributed by atoms with van der Waals surface area (Å²) in [6, 6.07) is 17.9. The molecule has 0 saturated heterocycles. The van der Waals surface area contributed by atoms with Crippen molar-refractivity contribution >= 4 is 0 Å². The Balaban J connectivity index is 2.51. The third-order valence-electron chi connectivity index (χ3n) is 3.90. The summed E-state index contributed by atoms with van der Waals surface area (Å²) in [5.41, 5.74) is 5.58. The molecule has 0 bridgehead atoms. The van der Waals surface area contributed by atoms with E-state index in [1.165, 1.54) is 22.3 Å². The van der Waals surface area contributed by atoms with Crippen molar-refractivity contribution in [3.05, 3.63) is 70.8 Å². The van der Waals surface area contributed by atoms with E-state index >= 15 is 0 Å². The fourth-order valence-corrected chi connectivity index (χ4v) is 2.80. The number of rotatable bonds is 4. The van der Waals surface area contributed by atoms with Gasteiger partial charge in [0, 0.05) is 0 Å². The monoisotopic (exact) mass is 281 g/mol. The summed E-state index contributed by atoms with van der Waals surface area (Å²) in [6.07, 6.45) is 0. The van der Waals surface area contributed by atoms with Crippen molar-refractivity contribution in [3.8, 4) is 0 Å². The van der Waals surface area contributed by atoms with Crippen LogP contribution < -0.4 is 5.32 Å². The highest BCUT2D eigenvalue weighted by molar-refractivity contribution is 5.41. The molecule has 1 N–H and O–H groups in total. The first-order valence-electron chi connectivity index (χ1n) is 7.83. The molecule has 0 saturated carbocycles. The zero-order chi connectivity index (χ0) is 15.5. The van der Waals surface area contributed by atoms with E-state index in [2.05, 4.69) is 88.5 Å². The molecule has 1 unspecified atom stereocenters. The zero-order valence-corrected chi connectivity index (χ0v) is 13.9. The number of benzene rings is 2. The minimum absolute atomic E-state index is 0.148. The first-order chi connectivity index (χ1) is 9.93. The average molecular weight is 281 g/mol. The van der Waals surface area contributed by atoms with E-state index in [1.54, 1.807) is 0 Å². The molecule has 0 aromatic heterocycles. The summed E-state index contributed by atoms with van der Waals surface area (Å²) < 4.78 is 0. The fourth-order valence-electron chi connectivity index (χ4n) is 2.80. The molecule has 0 radical (unpaired) electrons. The highest BCUT2D eigenvalue weighted by Crippen LogP contribution is 2.32. The van der Waals surface area contributed by atoms with E-state index in [0.717, 1.165) is 6.54 Å². The van der Waals surface area contributed by atoms with Crippen LogP contribution in [-0.2, 0) is 5.41 Å². The second-order valence-electron chi connectivity index (χ2n) is 6.74. The van der Waals surface area contributed by atoms with E-state index in [9.17, 15) is 0 Å². The van der Waals surface area contributed by atoms with Crippen LogP contribution in [0.3, 0.4) is 0 Å². The molecule has 112 valence electrons. The van der Waals surface area contributed by atoms with Crippen LogP contribution in [-0.4, -0.2) is 6.54 Å². The third kappa shape index (κ3) is 3.74. The maximum atomic E-state index is 3.65. The molecule has 21 heavy (non-hydrogen) atoms. The summed E-state index contributed by atoms with van der Waals surface area (Å²) in [6.45, 7) is 12.1. The molecule has 2 aromatic carbocycles. The van der Waals surface area contributed by atoms with Crippen LogP contribution in [0.5, 0.6) is 0 Å². The quantitative estimate of drug-likeness (QED) is 0.832. The predicted molar refractivity (Wildman–Crippen MR) is 91.8 cm³/mol. The molecule has 0 aliphatic heterocycles. The van der Waals surface area contributed by atoms with Crippen molar-refractivity contribution in [2.75, 3.05) is 6.54 Å². The van der Waals surface area contributed by atoms with Crippen LogP contribution in [0.4, 0.5) is 0 Å². The Bertz CT molecular complexity index is 576. The van der Waals surface area contributed by atoms with Gasteiger partial charge in [-0.2, -0.15) is 0 Å². The van der Waals surface area contributed by atoms with Gasteiger partial charge in [0.25, 0.3) is 0 Å². The van der Waals surface area contributed by atoms with Gasteiger partial charge in [0.1, 0.15) is 0 Å². The van der Waals surface area contributed by atoms with Crippen molar-refractivity contribution < 1.29 is 0 Å². The van der Waals surface area contributed by atoms with Crippen molar-refractivity contribution in [1.29, 1.82) is 0 Å². The lowest BCUT2D eigenvalue weighted by Crippen LogP contribution is -2.26. The number of nitrogens with one attached hydrogen (secondary N) is 1. The molecule has 1 nitrogen and oxygen atoms in total. The number of hydrogen-bond donors (Lipinski definition) is 1. The molecule has 0 spiro atoms. The average Bonchev–Trinajstić information content (AvgIpc) is 2.45. The lowest BCUT2D eigenvalue weighted by Gasteiger charge is -2.28. The molecule has 2 aromatic rings. The highest BCUT2D eigenvalue weighted by Gasteiger charge is 2.23. The Kier molecular flexibility index (Phi) is 4.84. The molecule has 0 aliphatic rings. The first kappa shape index (κ1) is 15.8. The van der Waals surface area contributed by atoms with Gasteiger partial charge in [-0.3, -0.25) is 0 Å². The summed E-state index contributed by atoms with van der Waals surface area (Å²) in [7, 11) is 0. The molecule has 2 rings (SSSR count). The SMILES string of the molecule is CCNC(c1ccc(C)cc1)c1ccccc1C(C)(C)C. The lowest BCUT2D eigenvalue weighted by molar-refractivity contribution is 0.557. The molecular formula is C20H27N. The summed E-state index contributed by atoms with van der Waals surface area (Å²) in [5, 5.41) is 3.65. The standard InChI is InChI=1S/C20H27N/c1-6-21-19(16-13-11-15(2)12-14-16)17-9-7-8-10-18(17)20(3,4)5/h7-14,19,21H,6H2,1-5H3. The van der Waals surface area contributed by atoms with E-state index < -0.39 is 0 Å². The second-order valence-corrected chi connectivity index (χ2v) is 6.74. The molecule has 1 heteroatoms. The highest BCUT2D eigenvalue weighted by atomic mass is 14.9. The lowest BCUT2D eigenvalue weighted by atomic mass is 9.80. The van der Waals surface area contributed by atoms with Crippen molar-refractivity contribution in [3.63, 3.8) is 0 Å². The summed E-state index contributed by atoms with van der Waals surface area (Å²) >= 11 is 0. The van der Waals surface area contributed by atoms with Gasteiger partial charge in [-0.25, -0.2) is 0 Å². The predicted octanol–water partition coefficient (Wildman–Crippen LogP) is 4.99. The fraction of sp³-hybridized carbons (Fsp3) is 0.400. The molecule has 0 fully saturated rings. The van der Waals surface area contributed by atoms with Crippen LogP contribution in [0.25, 0.3) is 0 Å². The van der Waals surface area contributed by atoms with E-state index in [1.807, 2.05) is 0 Å². The van der Waals surface area contributed by atoms with E-state index in [-0.39, 0.29) is 11.5 Å². The smallest absolute Gasteiger partial charge is 0.0579 e. The Morgan fingerprint density at radius 1 is 0.952 bits per heavy atom. The van der Waals surface area contributed by atoms with Crippen LogP contribution in [0.1, 0.15) is 56.0 Å². The molecule has 0 heterocycles. The van der Waals surface area contributed by atoms with E-state index in [0.29, 0.717) is 0 Å². The minimum Gasteiger partial charge on any atom is -0.307 e. The normalized spacial score (nSPS) is 13.2. The second kappa shape index (κ2) is 6.44. The largest absolute Gasteiger partial charge is 0.307 e. The zero-order valence-electron chi connectivity index (χ0n) is 13.9. The number of aryl methyl sites for hydroxylation is 1. The van der Waals surface area contributed by atoms with Gasteiger partial charge in [-0.05, 0) is 35.6 Å². The first-order valence-corrected chi connectivity index (χ1v) is 7.83. The van der Waals surface area contributed by atoms with Crippen molar-refractivity contribution in [1.82, 2.24) is 5.32 Å². The minimum atomic E-state index is 0.148. The van der Waals surface area contributed by atoms with E-state index in [4.69, 9.17) is 0 Å². The van der Waals surface area contributed by atoms with Crippen molar-refractivity contribution in [2.45, 2.75) is 46.1 Å². The Hall–Kier alpha value is -1.60. The molecular weight excluding hydrogens is 254 g/mol. The maximum absolute atomic E-state index is 3.65. The molecule has 1 atom stereocenters. The van der Waals surface area contributed by atoms with Crippen LogP contribution in [0.15, 0.2) is 48.5 Å². The summed E-state index contributed by atoms with van der Waals surface area (Å²) in [5.74, 6) is 0. The Morgan fingerprint density at radius 3 is 2.14 bits per heavy atom. The Labute approximate surface area is 129 Å². The van der Waals surface area contributed by atoms with Gasteiger partial charge in [0.15, 0.2) is 0 Å². The molecule has 0 aliphatic carbocycles. The van der Waals surface area contributed by atoms with Gasteiger partial charge in [-0.15, -0.1) is 0 Å². The third-order valence-corrected chi connectivity index (χ3v) is 3.90. The number of hydrogen-bond acceptors (Lipinski definition) is 1.